The van der Waals surface area contributed by atoms with E-state index in [4.69, 9.17) is 5.73 Å². The van der Waals surface area contributed by atoms with Crippen molar-refractivity contribution < 1.29 is 9.59 Å². The van der Waals surface area contributed by atoms with Crippen molar-refractivity contribution >= 4 is 11.8 Å². The van der Waals surface area contributed by atoms with Crippen LogP contribution < -0.4 is 11.2 Å². The number of nitrogens with one attached hydrogen (secondary N) is 1. The van der Waals surface area contributed by atoms with Gasteiger partial charge < -0.3 is 5.73 Å². The fourth-order valence-corrected chi connectivity index (χ4v) is 1.04. The number of rotatable bonds is 1. The number of piperidine rings is 1. The first-order chi connectivity index (χ1) is 5.16. The monoisotopic (exact) mass is 157 g/mol. The van der Waals surface area contributed by atoms with Gasteiger partial charge in [-0.2, -0.15) is 0 Å². The van der Waals surface area contributed by atoms with E-state index in [2.05, 4.69) is 5.43 Å². The zero-order chi connectivity index (χ0) is 8.43. The maximum Gasteiger partial charge on any atom is 0.260 e. The van der Waals surface area contributed by atoms with Gasteiger partial charge in [0, 0.05) is 13.5 Å². The van der Waals surface area contributed by atoms with Crippen molar-refractivity contribution in [3.05, 3.63) is 0 Å². The van der Waals surface area contributed by atoms with E-state index < -0.39 is 6.04 Å². The molecule has 1 aliphatic rings. The molecule has 1 fully saturated rings. The van der Waals surface area contributed by atoms with Gasteiger partial charge in [0.2, 0.25) is 5.91 Å². The molecule has 0 aromatic carbocycles. The van der Waals surface area contributed by atoms with Gasteiger partial charge in [0.1, 0.15) is 0 Å². The van der Waals surface area contributed by atoms with E-state index in [9.17, 15) is 9.59 Å². The highest BCUT2D eigenvalue weighted by Gasteiger charge is 2.30. The molecule has 3 N–H and O–H groups in total. The van der Waals surface area contributed by atoms with Crippen molar-refractivity contribution in [2.24, 2.45) is 5.73 Å². The van der Waals surface area contributed by atoms with Crippen LogP contribution in [0.4, 0.5) is 0 Å². The first-order valence-corrected chi connectivity index (χ1v) is 3.46. The van der Waals surface area contributed by atoms with E-state index in [1.165, 1.54) is 7.05 Å². The Kier molecular flexibility index (Phi) is 2.21. The van der Waals surface area contributed by atoms with Gasteiger partial charge >= 0.3 is 0 Å². The third kappa shape index (κ3) is 1.38. The maximum absolute atomic E-state index is 11.1. The topological polar surface area (TPSA) is 75.4 Å². The van der Waals surface area contributed by atoms with Crippen LogP contribution in [-0.2, 0) is 9.59 Å². The van der Waals surface area contributed by atoms with Crippen LogP contribution in [0.2, 0.25) is 0 Å². The highest BCUT2D eigenvalue weighted by molar-refractivity contribution is 5.99. The number of amides is 2. The normalized spacial score (nSPS) is 26.0. The first-order valence-electron chi connectivity index (χ1n) is 3.46. The van der Waals surface area contributed by atoms with E-state index in [-0.39, 0.29) is 11.8 Å². The predicted molar refractivity (Wildman–Crippen MR) is 38.1 cm³/mol. The summed E-state index contributed by atoms with van der Waals surface area (Å²) >= 11 is 0. The molecular formula is C6H11N3O2. The average molecular weight is 157 g/mol. The summed E-state index contributed by atoms with van der Waals surface area (Å²) in [5.74, 6) is -0.553. The van der Waals surface area contributed by atoms with Gasteiger partial charge in [-0.15, -0.1) is 0 Å². The molecule has 1 saturated heterocycles. The van der Waals surface area contributed by atoms with Crippen LogP contribution in [0.1, 0.15) is 12.8 Å². The van der Waals surface area contributed by atoms with Crippen molar-refractivity contribution in [2.75, 3.05) is 7.05 Å². The second-order valence-corrected chi connectivity index (χ2v) is 2.44. The molecule has 1 atom stereocenters. The van der Waals surface area contributed by atoms with Crippen LogP contribution >= 0.6 is 0 Å². The lowest BCUT2D eigenvalue weighted by Crippen LogP contribution is -2.55. The number of hydrogen-bond donors (Lipinski definition) is 2. The Morgan fingerprint density at radius 1 is 1.64 bits per heavy atom. The molecular weight excluding hydrogens is 146 g/mol. The van der Waals surface area contributed by atoms with Crippen molar-refractivity contribution in [1.29, 1.82) is 0 Å². The van der Waals surface area contributed by atoms with E-state index in [0.717, 1.165) is 5.01 Å². The Labute approximate surface area is 64.5 Å². The summed E-state index contributed by atoms with van der Waals surface area (Å²) in [6, 6.07) is -0.528. The van der Waals surface area contributed by atoms with Gasteiger partial charge in [-0.1, -0.05) is 0 Å². The Morgan fingerprint density at radius 3 is 2.73 bits per heavy atom. The Morgan fingerprint density at radius 2 is 2.27 bits per heavy atom. The molecule has 0 saturated carbocycles. The third-order valence-electron chi connectivity index (χ3n) is 1.68. The summed E-state index contributed by atoms with van der Waals surface area (Å²) in [5.41, 5.74) is 7.91. The number of hydrogen-bond acceptors (Lipinski definition) is 4. The van der Waals surface area contributed by atoms with Crippen LogP contribution in [0.5, 0.6) is 0 Å². The molecule has 1 rings (SSSR count). The molecule has 5 nitrogen and oxygen atoms in total. The quantitative estimate of drug-likeness (QED) is 0.459. The van der Waals surface area contributed by atoms with Gasteiger partial charge in [0.15, 0.2) is 0 Å². The van der Waals surface area contributed by atoms with E-state index in [1.54, 1.807) is 0 Å². The summed E-state index contributed by atoms with van der Waals surface area (Å²) in [7, 11) is 1.52. The summed E-state index contributed by atoms with van der Waals surface area (Å²) in [4.78, 5) is 22.1. The van der Waals surface area contributed by atoms with Crippen LogP contribution in [0.25, 0.3) is 0 Å². The largest absolute Gasteiger partial charge is 0.320 e. The number of imide groups is 1. The van der Waals surface area contributed by atoms with Gasteiger partial charge in [0.05, 0.1) is 6.04 Å². The molecule has 62 valence electrons. The maximum atomic E-state index is 11.1. The molecule has 0 unspecified atom stereocenters. The Hall–Kier alpha value is -0.940. The van der Waals surface area contributed by atoms with E-state index in [1.807, 2.05) is 0 Å². The molecule has 1 aliphatic heterocycles. The van der Waals surface area contributed by atoms with Crippen molar-refractivity contribution in [2.45, 2.75) is 18.9 Å². The SMILES string of the molecule is CNN1C(=O)CC[C@@H](N)C1=O. The standard InChI is InChI=1S/C6H11N3O2/c1-8-9-5(10)3-2-4(7)6(9)11/h4,8H,2-3,7H2,1H3/t4-/m1/s1. The fraction of sp³-hybridized carbons (Fsp3) is 0.667. The third-order valence-corrected chi connectivity index (χ3v) is 1.68. The molecule has 0 spiro atoms. The predicted octanol–water partition coefficient (Wildman–Crippen LogP) is -1.40. The number of carbonyl (C=O) groups is 2. The fourth-order valence-electron chi connectivity index (χ4n) is 1.04. The molecule has 2 amide bonds. The van der Waals surface area contributed by atoms with Crippen molar-refractivity contribution in [3.8, 4) is 0 Å². The lowest BCUT2D eigenvalue weighted by atomic mass is 10.1. The number of nitrogens with two attached hydrogens (primary N) is 1. The molecule has 0 radical (unpaired) electrons. The average Bonchev–Trinajstić information content (AvgIpc) is 1.99. The zero-order valence-electron chi connectivity index (χ0n) is 6.33. The lowest BCUT2D eigenvalue weighted by molar-refractivity contribution is -0.152. The first kappa shape index (κ1) is 8.16. The van der Waals surface area contributed by atoms with Crippen molar-refractivity contribution in [1.82, 2.24) is 10.4 Å². The minimum Gasteiger partial charge on any atom is -0.320 e. The number of hydrazine groups is 1. The molecule has 0 aromatic rings. The second kappa shape index (κ2) is 2.98. The van der Waals surface area contributed by atoms with Crippen LogP contribution in [0, 0.1) is 0 Å². The second-order valence-electron chi connectivity index (χ2n) is 2.44. The van der Waals surface area contributed by atoms with E-state index in [0.29, 0.717) is 12.8 Å². The minimum absolute atomic E-state index is 0.209. The summed E-state index contributed by atoms with van der Waals surface area (Å²) < 4.78 is 0. The Bertz CT molecular complexity index is 192. The van der Waals surface area contributed by atoms with Crippen LogP contribution in [0.3, 0.4) is 0 Å². The summed E-state index contributed by atoms with van der Waals surface area (Å²) in [6.45, 7) is 0. The summed E-state index contributed by atoms with van der Waals surface area (Å²) in [6.07, 6.45) is 0.795. The molecule has 11 heavy (non-hydrogen) atoms. The molecule has 1 heterocycles. The lowest BCUT2D eigenvalue weighted by Gasteiger charge is -2.27. The van der Waals surface area contributed by atoms with Crippen LogP contribution in [-0.4, -0.2) is 29.9 Å². The van der Waals surface area contributed by atoms with Gasteiger partial charge in [-0.3, -0.25) is 9.59 Å². The van der Waals surface area contributed by atoms with Crippen LogP contribution in [0.15, 0.2) is 0 Å². The summed E-state index contributed by atoms with van der Waals surface area (Å²) in [5, 5.41) is 0.966. The smallest absolute Gasteiger partial charge is 0.260 e. The zero-order valence-corrected chi connectivity index (χ0v) is 6.33. The van der Waals surface area contributed by atoms with Gasteiger partial charge in [-0.05, 0) is 6.42 Å². The minimum atomic E-state index is -0.528. The molecule has 0 bridgehead atoms. The molecule has 0 aromatic heterocycles. The number of nitrogens with zero attached hydrogens (tertiary/aromatic N) is 1. The highest BCUT2D eigenvalue weighted by Crippen LogP contribution is 2.08. The highest BCUT2D eigenvalue weighted by atomic mass is 16.2. The van der Waals surface area contributed by atoms with Gasteiger partial charge in [-0.25, -0.2) is 10.4 Å². The number of carbonyl (C=O) groups excluding carboxylic acids is 2. The van der Waals surface area contributed by atoms with Gasteiger partial charge in [0.25, 0.3) is 5.91 Å². The molecule has 0 aliphatic carbocycles. The molecule has 5 heteroatoms. The van der Waals surface area contributed by atoms with Crippen molar-refractivity contribution in [3.63, 3.8) is 0 Å². The van der Waals surface area contributed by atoms with E-state index >= 15 is 0 Å². The Balaban J connectivity index is 2.71.